The second-order valence-corrected chi connectivity index (χ2v) is 8.51. The van der Waals surface area contributed by atoms with Gasteiger partial charge in [-0.15, -0.1) is 24.0 Å². The monoisotopic (exact) mass is 490 g/mol. The van der Waals surface area contributed by atoms with Crippen LogP contribution in [0.15, 0.2) is 4.99 Å². The van der Waals surface area contributed by atoms with Crippen LogP contribution in [0.5, 0.6) is 0 Å². The number of aliphatic imine (C=N–C) groups is 1. The fourth-order valence-corrected chi connectivity index (χ4v) is 3.68. The Labute approximate surface area is 169 Å². The summed E-state index contributed by atoms with van der Waals surface area (Å²) in [5.41, 5.74) is 0.132. The minimum absolute atomic E-state index is 0. The Bertz CT molecular complexity index is 474. The van der Waals surface area contributed by atoms with Gasteiger partial charge in [-0.2, -0.15) is 0 Å². The normalized spacial score (nSPS) is 17.6. The van der Waals surface area contributed by atoms with Crippen molar-refractivity contribution in [2.24, 2.45) is 10.4 Å². The van der Waals surface area contributed by atoms with E-state index in [4.69, 9.17) is 4.99 Å². The van der Waals surface area contributed by atoms with Crippen LogP contribution < -0.4 is 15.4 Å². The van der Waals surface area contributed by atoms with E-state index in [1.54, 1.807) is 0 Å². The number of rotatable bonds is 10. The molecule has 1 saturated carbocycles. The highest BCUT2D eigenvalue weighted by atomic mass is 127. The van der Waals surface area contributed by atoms with Crippen LogP contribution in [0.1, 0.15) is 51.9 Å². The molecule has 0 spiro atoms. The Morgan fingerprint density at radius 1 is 1.16 bits per heavy atom. The molecule has 25 heavy (non-hydrogen) atoms. The predicted octanol–water partition coefficient (Wildman–Crippen LogP) is 1.43. The zero-order valence-electron chi connectivity index (χ0n) is 15.5. The zero-order valence-corrected chi connectivity index (χ0v) is 18.7. The van der Waals surface area contributed by atoms with E-state index in [9.17, 15) is 13.5 Å². The van der Waals surface area contributed by atoms with E-state index in [-0.39, 0.29) is 36.0 Å². The Morgan fingerprint density at radius 2 is 1.84 bits per heavy atom. The van der Waals surface area contributed by atoms with E-state index in [2.05, 4.69) is 15.4 Å². The van der Waals surface area contributed by atoms with Crippen LogP contribution in [0.3, 0.4) is 0 Å². The van der Waals surface area contributed by atoms with E-state index < -0.39 is 10.0 Å². The third-order valence-corrected chi connectivity index (χ3v) is 5.21. The number of hydrogen-bond donors (Lipinski definition) is 4. The number of hydrogen-bond acceptors (Lipinski definition) is 4. The molecule has 0 saturated heterocycles. The fraction of sp³-hybridized carbons (Fsp3) is 0.938. The highest BCUT2D eigenvalue weighted by Crippen LogP contribution is 2.39. The summed E-state index contributed by atoms with van der Waals surface area (Å²) < 4.78 is 24.5. The maximum absolute atomic E-state index is 11.0. The first-order valence-electron chi connectivity index (χ1n) is 8.98. The number of halogens is 1. The number of aliphatic hydroxyl groups excluding tert-OH is 1. The van der Waals surface area contributed by atoms with Crippen molar-refractivity contribution in [2.75, 3.05) is 39.0 Å². The maximum Gasteiger partial charge on any atom is 0.208 e. The zero-order chi connectivity index (χ0) is 17.9. The average Bonchev–Trinajstić information content (AvgIpc) is 2.52. The van der Waals surface area contributed by atoms with Gasteiger partial charge in [0.1, 0.15) is 0 Å². The van der Waals surface area contributed by atoms with Crippen molar-refractivity contribution in [3.05, 3.63) is 0 Å². The van der Waals surface area contributed by atoms with Gasteiger partial charge >= 0.3 is 0 Å². The summed E-state index contributed by atoms with van der Waals surface area (Å²) >= 11 is 0. The molecule has 7 nitrogen and oxygen atoms in total. The topological polar surface area (TPSA) is 103 Å². The van der Waals surface area contributed by atoms with Gasteiger partial charge in [0.2, 0.25) is 10.0 Å². The van der Waals surface area contributed by atoms with Gasteiger partial charge in [0.05, 0.1) is 6.26 Å². The molecule has 1 aliphatic rings. The molecule has 0 aliphatic heterocycles. The van der Waals surface area contributed by atoms with Crippen molar-refractivity contribution in [1.29, 1.82) is 0 Å². The minimum Gasteiger partial charge on any atom is -0.396 e. The number of aliphatic hydroxyl groups is 1. The first kappa shape index (κ1) is 24.9. The van der Waals surface area contributed by atoms with Crippen molar-refractivity contribution in [3.8, 4) is 0 Å². The van der Waals surface area contributed by atoms with Gasteiger partial charge in [-0.25, -0.2) is 13.1 Å². The quantitative estimate of drug-likeness (QED) is 0.161. The molecule has 0 heterocycles. The standard InChI is InChI=1S/C16H34N4O3S.HI/c1-3-17-15(18-11-7-12-20-24(2,22)23)19-14-16(10-13-21)8-5-4-6-9-16;/h20-21H,3-14H2,1-2H3,(H2,17,18,19);1H. The molecule has 4 N–H and O–H groups in total. The third kappa shape index (κ3) is 11.2. The molecule has 0 aromatic rings. The van der Waals surface area contributed by atoms with E-state index in [1.165, 1.54) is 19.3 Å². The summed E-state index contributed by atoms with van der Waals surface area (Å²) in [6.07, 6.45) is 8.66. The summed E-state index contributed by atoms with van der Waals surface area (Å²) in [6, 6.07) is 0. The molecule has 1 rings (SSSR count). The van der Waals surface area contributed by atoms with E-state index in [0.29, 0.717) is 19.5 Å². The van der Waals surface area contributed by atoms with Gasteiger partial charge < -0.3 is 15.7 Å². The minimum atomic E-state index is -3.12. The first-order chi connectivity index (χ1) is 11.4. The molecular formula is C16H35IN4O3S. The fourth-order valence-electron chi connectivity index (χ4n) is 3.17. The van der Waals surface area contributed by atoms with Crippen molar-refractivity contribution in [1.82, 2.24) is 15.4 Å². The van der Waals surface area contributed by atoms with Gasteiger partial charge in [-0.05, 0) is 38.0 Å². The summed E-state index contributed by atoms with van der Waals surface area (Å²) in [6.45, 7) is 4.81. The SMILES string of the molecule is CCNC(=NCC1(CCO)CCCCC1)NCCCNS(C)(=O)=O.I. The number of nitrogens with one attached hydrogen (secondary N) is 3. The lowest BCUT2D eigenvalue weighted by Crippen LogP contribution is -2.40. The Morgan fingerprint density at radius 3 is 2.40 bits per heavy atom. The number of nitrogens with zero attached hydrogens (tertiary/aromatic N) is 1. The first-order valence-corrected chi connectivity index (χ1v) is 10.9. The second kappa shape index (κ2) is 13.1. The summed E-state index contributed by atoms with van der Waals surface area (Å²) in [5, 5.41) is 15.9. The largest absolute Gasteiger partial charge is 0.396 e. The molecule has 0 radical (unpaired) electrons. The van der Waals surface area contributed by atoms with Crippen LogP contribution in [0.2, 0.25) is 0 Å². The maximum atomic E-state index is 11.0. The molecule has 0 amide bonds. The van der Waals surface area contributed by atoms with Crippen molar-refractivity contribution >= 4 is 40.0 Å². The lowest BCUT2D eigenvalue weighted by atomic mass is 9.72. The summed E-state index contributed by atoms with van der Waals surface area (Å²) in [4.78, 5) is 4.72. The highest BCUT2D eigenvalue weighted by Gasteiger charge is 2.31. The molecule has 1 fully saturated rings. The molecule has 0 aromatic heterocycles. The van der Waals surface area contributed by atoms with Crippen LogP contribution in [0, 0.1) is 5.41 Å². The second-order valence-electron chi connectivity index (χ2n) is 6.68. The van der Waals surface area contributed by atoms with Crippen molar-refractivity contribution in [2.45, 2.75) is 51.9 Å². The van der Waals surface area contributed by atoms with Gasteiger partial charge in [0.25, 0.3) is 0 Å². The molecule has 0 aromatic carbocycles. The smallest absolute Gasteiger partial charge is 0.208 e. The molecule has 0 bridgehead atoms. The van der Waals surface area contributed by atoms with Crippen LogP contribution in [0.4, 0.5) is 0 Å². The Hall–Kier alpha value is -0.130. The Balaban J connectivity index is 0.00000576. The molecule has 150 valence electrons. The van der Waals surface area contributed by atoms with E-state index in [0.717, 1.165) is 44.6 Å². The Kier molecular flexibility index (Phi) is 13.0. The average molecular weight is 490 g/mol. The van der Waals surface area contributed by atoms with Crippen LogP contribution in [0.25, 0.3) is 0 Å². The molecular weight excluding hydrogens is 455 g/mol. The number of sulfonamides is 1. The van der Waals surface area contributed by atoms with E-state index in [1.807, 2.05) is 6.92 Å². The van der Waals surface area contributed by atoms with Crippen LogP contribution in [-0.4, -0.2) is 58.5 Å². The van der Waals surface area contributed by atoms with Crippen molar-refractivity contribution < 1.29 is 13.5 Å². The number of guanidine groups is 1. The van der Waals surface area contributed by atoms with Crippen LogP contribution >= 0.6 is 24.0 Å². The lowest BCUT2D eigenvalue weighted by molar-refractivity contribution is 0.137. The van der Waals surface area contributed by atoms with E-state index >= 15 is 0 Å². The molecule has 9 heteroatoms. The highest BCUT2D eigenvalue weighted by molar-refractivity contribution is 14.0. The van der Waals surface area contributed by atoms with Gasteiger partial charge in [0.15, 0.2) is 5.96 Å². The molecule has 0 unspecified atom stereocenters. The van der Waals surface area contributed by atoms with Gasteiger partial charge in [-0.1, -0.05) is 19.3 Å². The van der Waals surface area contributed by atoms with Crippen LogP contribution in [-0.2, 0) is 10.0 Å². The molecule has 0 atom stereocenters. The summed E-state index contributed by atoms with van der Waals surface area (Å²) in [5.74, 6) is 0.764. The van der Waals surface area contributed by atoms with Crippen molar-refractivity contribution in [3.63, 3.8) is 0 Å². The van der Waals surface area contributed by atoms with Gasteiger partial charge in [-0.3, -0.25) is 4.99 Å². The molecule has 1 aliphatic carbocycles. The predicted molar refractivity (Wildman–Crippen MR) is 114 cm³/mol. The third-order valence-electron chi connectivity index (χ3n) is 4.48. The van der Waals surface area contributed by atoms with Gasteiger partial charge in [0, 0.05) is 32.8 Å². The lowest BCUT2D eigenvalue weighted by Gasteiger charge is -2.35. The summed E-state index contributed by atoms with van der Waals surface area (Å²) in [7, 11) is -3.12.